The maximum absolute atomic E-state index is 14.4. The number of benzene rings is 2. The summed E-state index contributed by atoms with van der Waals surface area (Å²) in [7, 11) is -4.62. The molecule has 5 aromatic rings. The van der Waals surface area contributed by atoms with Gasteiger partial charge in [0.1, 0.15) is 11.4 Å². The van der Waals surface area contributed by atoms with E-state index < -0.39 is 27.3 Å². The number of nitrogens with one attached hydrogen (secondary N) is 4. The molecule has 7 aliphatic rings. The van der Waals surface area contributed by atoms with Crippen LogP contribution in [-0.2, 0) is 25.1 Å². The standard InChI is InChI=1S/C76H110N20O7S/c1-5-7-20-64-76(3,4)61-51-59(58-24-23-57(104(101,102)103)50-60(58)67(61)96(64)35-6-2)52-48-62(68(99)79-33-14-8-12-21-65(97)81-55-29-44-94(45-30-55)74-86-70(90-36-16-10-17-37-90)84-72(88-74)92-40-25-53(77)26-41-92)83-63(49-52)69(100)80-34-15-9-13-22-66(98)82-56-31-46-95(47-32-56)75-87-71(91-38-18-11-19-39-91)85-73(89-75)93-42-27-54(78)28-43-93/h5,7,20,23-24,48-51,53-56H,6,8-19,21-22,25-47,77-78H2,1-4H3,(H,79,99)(H,80,100)(H,81,97)(H,82,98)(H,101,102,103). The van der Waals surface area contributed by atoms with E-state index in [4.69, 9.17) is 41.4 Å². The molecule has 6 fully saturated rings. The van der Waals surface area contributed by atoms with Gasteiger partial charge in [-0.1, -0.05) is 51.8 Å². The van der Waals surface area contributed by atoms with Gasteiger partial charge in [0, 0.05) is 152 Å². The normalized spacial score (nSPS) is 19.3. The molecule has 562 valence electrons. The average molecular weight is 1450 g/mol. The van der Waals surface area contributed by atoms with Crippen LogP contribution in [0.15, 0.2) is 65.2 Å². The molecule has 10 heterocycles. The van der Waals surface area contributed by atoms with Gasteiger partial charge in [0.25, 0.3) is 21.9 Å². The Hall–Kier alpha value is -8.34. The molecule has 28 heteroatoms. The lowest BCUT2D eigenvalue weighted by atomic mass is 9.81. The van der Waals surface area contributed by atoms with E-state index in [9.17, 15) is 32.1 Å². The van der Waals surface area contributed by atoms with E-state index in [2.05, 4.69) is 93.5 Å². The van der Waals surface area contributed by atoms with E-state index in [-0.39, 0.29) is 52.3 Å². The molecule has 0 saturated carbocycles. The number of amides is 4. The molecule has 3 aromatic heterocycles. The van der Waals surface area contributed by atoms with Crippen molar-refractivity contribution in [3.8, 4) is 11.1 Å². The number of nitrogens with zero attached hydrogens (tertiary/aromatic N) is 14. The number of allylic oxidation sites excluding steroid dienone is 4. The molecule has 6 saturated heterocycles. The highest BCUT2D eigenvalue weighted by Gasteiger charge is 2.42. The van der Waals surface area contributed by atoms with Crippen LogP contribution in [0, 0.1) is 0 Å². The van der Waals surface area contributed by atoms with Crippen molar-refractivity contribution in [2.75, 3.05) is 132 Å². The Kier molecular flexibility index (Phi) is 25.2. The van der Waals surface area contributed by atoms with E-state index >= 15 is 0 Å². The number of unbranched alkanes of at least 4 members (excludes halogenated alkanes) is 4. The van der Waals surface area contributed by atoms with E-state index in [0.29, 0.717) is 143 Å². The monoisotopic (exact) mass is 1450 g/mol. The van der Waals surface area contributed by atoms with Crippen molar-refractivity contribution in [2.24, 2.45) is 11.5 Å². The average Bonchev–Trinajstić information content (AvgIpc) is 1.61. The fraction of sp³-hybridized carbons (Fsp3) is 0.618. The SMILES string of the molecule is CC=CC=C1N(CCC)c2c(cc(-c3cc(C(=O)NCCCCCC(=O)NC4CCN(c5nc(N6CCCCC6)nc(N6CCC(N)CC6)n5)CC4)nc(C(=O)NCCCCCC(=O)NC4CCN(c5nc(N6CCCCC6)nc(N6CCC(N)CC6)n5)CC4)c3)c3ccc(S(=O)(=O)O)cc23)C1(C)C. The molecule has 0 atom stereocenters. The third kappa shape index (κ3) is 18.6. The molecule has 0 unspecified atom stereocenters. The Balaban J connectivity index is 0.663. The Morgan fingerprint density at radius 3 is 1.36 bits per heavy atom. The number of pyridine rings is 1. The summed E-state index contributed by atoms with van der Waals surface area (Å²) in [4.78, 5) is 106. The number of hydrogen-bond acceptors (Lipinski definition) is 22. The lowest BCUT2D eigenvalue weighted by Crippen LogP contribution is -2.45. The van der Waals surface area contributed by atoms with Gasteiger partial charge in [-0.2, -0.15) is 38.3 Å². The first kappa shape index (κ1) is 75.3. The second-order valence-electron chi connectivity index (χ2n) is 30.0. The molecule has 4 amide bonds. The smallest absolute Gasteiger partial charge is 0.294 e. The highest BCUT2D eigenvalue weighted by atomic mass is 32.2. The van der Waals surface area contributed by atoms with Gasteiger partial charge in [0.15, 0.2) is 0 Å². The fourth-order valence-corrected chi connectivity index (χ4v) is 16.2. The highest BCUT2D eigenvalue weighted by molar-refractivity contribution is 7.85. The third-order valence-corrected chi connectivity index (χ3v) is 22.7. The Bertz CT molecular complexity index is 3840. The predicted molar refractivity (Wildman–Crippen MR) is 410 cm³/mol. The zero-order valence-corrected chi connectivity index (χ0v) is 62.4. The number of rotatable bonds is 27. The molecule has 9 N–H and O–H groups in total. The van der Waals surface area contributed by atoms with Gasteiger partial charge in [-0.05, 0) is 187 Å². The first-order valence-electron chi connectivity index (χ1n) is 38.7. The molecule has 0 radical (unpaired) electrons. The maximum atomic E-state index is 14.4. The van der Waals surface area contributed by atoms with Gasteiger partial charge in [-0.3, -0.25) is 23.7 Å². The molecule has 0 spiro atoms. The molecular formula is C76H110N20O7S. The van der Waals surface area contributed by atoms with Crippen molar-refractivity contribution >= 4 is 85.9 Å². The molecule has 104 heavy (non-hydrogen) atoms. The van der Waals surface area contributed by atoms with E-state index in [0.717, 1.165) is 165 Å². The summed E-state index contributed by atoms with van der Waals surface area (Å²) < 4.78 is 36.1. The van der Waals surface area contributed by atoms with Crippen LogP contribution >= 0.6 is 0 Å². The Morgan fingerprint density at radius 1 is 0.538 bits per heavy atom. The predicted octanol–water partition coefficient (Wildman–Crippen LogP) is 8.47. The summed E-state index contributed by atoms with van der Waals surface area (Å²) in [5.41, 5.74) is 15.8. The number of hydrogen-bond donors (Lipinski definition) is 7. The number of nitrogens with two attached hydrogens (primary N) is 2. The van der Waals surface area contributed by atoms with Crippen molar-refractivity contribution in [1.29, 1.82) is 0 Å². The van der Waals surface area contributed by atoms with Crippen LogP contribution in [0.3, 0.4) is 0 Å². The third-order valence-electron chi connectivity index (χ3n) is 21.9. The fourth-order valence-electron chi connectivity index (χ4n) is 15.7. The minimum absolute atomic E-state index is 0.00342. The molecule has 0 bridgehead atoms. The number of anilines is 7. The van der Waals surface area contributed by atoms with Gasteiger partial charge in [0.2, 0.25) is 47.5 Å². The van der Waals surface area contributed by atoms with Crippen LogP contribution in [0.2, 0.25) is 0 Å². The first-order chi connectivity index (χ1) is 50.3. The van der Waals surface area contributed by atoms with Crippen molar-refractivity contribution in [2.45, 2.75) is 210 Å². The molecule has 27 nitrogen and oxygen atoms in total. The van der Waals surface area contributed by atoms with Crippen LogP contribution in [0.25, 0.3) is 21.9 Å². The minimum Gasteiger partial charge on any atom is -0.353 e. The molecular weight excluding hydrogens is 1340 g/mol. The van der Waals surface area contributed by atoms with Crippen molar-refractivity contribution in [1.82, 2.24) is 56.2 Å². The van der Waals surface area contributed by atoms with Gasteiger partial charge >= 0.3 is 0 Å². The number of piperidine rings is 6. The maximum Gasteiger partial charge on any atom is 0.294 e. The second kappa shape index (κ2) is 34.7. The summed E-state index contributed by atoms with van der Waals surface area (Å²) in [6.45, 7) is 19.4. The van der Waals surface area contributed by atoms with E-state index in [1.165, 1.54) is 25.0 Å². The van der Waals surface area contributed by atoms with E-state index in [1.807, 2.05) is 19.1 Å². The summed E-state index contributed by atoms with van der Waals surface area (Å²) in [5, 5.41) is 13.8. The lowest BCUT2D eigenvalue weighted by molar-refractivity contribution is -0.122. The zero-order valence-electron chi connectivity index (χ0n) is 61.6. The number of carbonyl (C=O) groups is 4. The van der Waals surface area contributed by atoms with Crippen LogP contribution in [0.5, 0.6) is 0 Å². The summed E-state index contributed by atoms with van der Waals surface area (Å²) in [6.07, 6.45) is 24.9. The van der Waals surface area contributed by atoms with Crippen LogP contribution in [-0.4, -0.2) is 194 Å². The number of carbonyl (C=O) groups excluding carboxylic acids is 4. The Labute approximate surface area is 613 Å². The van der Waals surface area contributed by atoms with Crippen molar-refractivity contribution in [3.63, 3.8) is 0 Å². The van der Waals surface area contributed by atoms with Gasteiger partial charge in [-0.25, -0.2) is 4.98 Å². The van der Waals surface area contributed by atoms with E-state index in [1.54, 1.807) is 18.2 Å². The number of aromatic nitrogens is 7. The molecule has 2 aromatic carbocycles. The zero-order chi connectivity index (χ0) is 72.9. The van der Waals surface area contributed by atoms with Crippen LogP contribution in [0.1, 0.15) is 202 Å². The molecule has 0 aliphatic carbocycles. The van der Waals surface area contributed by atoms with Crippen molar-refractivity contribution < 1.29 is 32.1 Å². The number of fused-ring (bicyclic) bond motifs is 3. The van der Waals surface area contributed by atoms with Crippen LogP contribution in [0.4, 0.5) is 41.4 Å². The summed E-state index contributed by atoms with van der Waals surface area (Å²) >= 11 is 0. The second-order valence-corrected chi connectivity index (χ2v) is 31.4. The van der Waals surface area contributed by atoms with Gasteiger partial charge in [0.05, 0.1) is 10.6 Å². The summed E-state index contributed by atoms with van der Waals surface area (Å²) in [6, 6.07) is 10.4. The van der Waals surface area contributed by atoms with Crippen LogP contribution < -0.4 is 67.0 Å². The minimum atomic E-state index is -4.62. The molecule has 7 aliphatic heterocycles. The summed E-state index contributed by atoms with van der Waals surface area (Å²) in [5.74, 6) is 3.32. The van der Waals surface area contributed by atoms with Crippen molar-refractivity contribution in [3.05, 3.63) is 77.3 Å². The quantitative estimate of drug-likeness (QED) is 0.0191. The first-order valence-corrected chi connectivity index (χ1v) is 40.1. The highest BCUT2D eigenvalue weighted by Crippen LogP contribution is 2.53. The van der Waals surface area contributed by atoms with Gasteiger partial charge in [-0.15, -0.1) is 0 Å². The Morgan fingerprint density at radius 2 is 0.952 bits per heavy atom. The topological polar surface area (TPSA) is 336 Å². The largest absolute Gasteiger partial charge is 0.353 e. The van der Waals surface area contributed by atoms with Gasteiger partial charge < -0.3 is 67.0 Å². The molecule has 12 rings (SSSR count). The lowest BCUT2D eigenvalue weighted by Gasteiger charge is -2.35.